The molecule has 0 aromatic heterocycles. The Bertz CT molecular complexity index is 711. The topological polar surface area (TPSA) is 29.5 Å². The van der Waals surface area contributed by atoms with E-state index >= 15 is 0 Å². The molecular formula is C23H33NO2S2. The molecule has 154 valence electrons. The van der Waals surface area contributed by atoms with Crippen LogP contribution in [0.3, 0.4) is 0 Å². The quantitative estimate of drug-likeness (QED) is 0.588. The minimum absolute atomic E-state index is 0.0921. The number of nitrogens with zero attached hydrogens (tertiary/aromatic N) is 1. The van der Waals surface area contributed by atoms with Crippen molar-refractivity contribution in [3.05, 3.63) is 35.9 Å². The van der Waals surface area contributed by atoms with Gasteiger partial charge in [0.15, 0.2) is 0 Å². The molecule has 1 saturated heterocycles. The summed E-state index contributed by atoms with van der Waals surface area (Å²) in [6.45, 7) is 12.0. The highest BCUT2D eigenvalue weighted by molar-refractivity contribution is 8.23. The summed E-state index contributed by atoms with van der Waals surface area (Å²) < 4.78 is 6.50. The molecule has 1 aromatic rings. The lowest BCUT2D eigenvalue weighted by atomic mass is 9.71. The van der Waals surface area contributed by atoms with Gasteiger partial charge in [-0.2, -0.15) is 0 Å². The third kappa shape index (κ3) is 4.73. The Morgan fingerprint density at radius 2 is 1.93 bits per heavy atom. The lowest BCUT2D eigenvalue weighted by Crippen LogP contribution is -2.42. The molecule has 0 spiro atoms. The van der Waals surface area contributed by atoms with Gasteiger partial charge in [-0.25, -0.2) is 0 Å². The molecule has 3 rings (SSSR count). The lowest BCUT2D eigenvalue weighted by Gasteiger charge is -2.39. The predicted molar refractivity (Wildman–Crippen MR) is 121 cm³/mol. The molecule has 0 unspecified atom stereocenters. The molecule has 0 radical (unpaired) electrons. The molecule has 1 saturated carbocycles. The number of thioether (sulfide) groups is 1. The Morgan fingerprint density at radius 1 is 1.25 bits per heavy atom. The highest BCUT2D eigenvalue weighted by atomic mass is 32.2. The fraction of sp³-hybridized carbons (Fsp3) is 0.652. The number of thiocarbonyl (C=S) groups is 1. The average Bonchev–Trinajstić information content (AvgIpc) is 2.82. The van der Waals surface area contributed by atoms with Gasteiger partial charge in [-0.05, 0) is 36.0 Å². The third-order valence-corrected chi connectivity index (χ3v) is 7.46. The Kier molecular flexibility index (Phi) is 6.45. The number of rotatable bonds is 4. The van der Waals surface area contributed by atoms with Gasteiger partial charge in [-0.1, -0.05) is 83.1 Å². The number of amides is 1. The average molecular weight is 420 g/mol. The summed E-state index contributed by atoms with van der Waals surface area (Å²) in [6.07, 6.45) is 3.31. The third-order valence-electron chi connectivity index (χ3n) is 5.92. The van der Waals surface area contributed by atoms with Crippen molar-refractivity contribution in [1.82, 2.24) is 4.90 Å². The van der Waals surface area contributed by atoms with Crippen LogP contribution in [0.5, 0.6) is 0 Å². The zero-order valence-electron chi connectivity index (χ0n) is 17.7. The first-order chi connectivity index (χ1) is 13.1. The normalized spacial score (nSPS) is 26.8. The van der Waals surface area contributed by atoms with E-state index in [1.54, 1.807) is 11.8 Å². The first kappa shape index (κ1) is 21.6. The molecule has 3 atom stereocenters. The van der Waals surface area contributed by atoms with Crippen LogP contribution >= 0.6 is 24.0 Å². The Labute approximate surface area is 179 Å². The first-order valence-corrected chi connectivity index (χ1v) is 11.6. The number of likely N-dealkylation sites (tertiary alicyclic amines) is 1. The maximum Gasteiger partial charge on any atom is 0.229 e. The van der Waals surface area contributed by atoms with Gasteiger partial charge >= 0.3 is 0 Å². The summed E-state index contributed by atoms with van der Waals surface area (Å²) in [5, 5.41) is 0.339. The summed E-state index contributed by atoms with van der Waals surface area (Å²) in [5.41, 5.74) is 0.928. The molecule has 1 aliphatic carbocycles. The van der Waals surface area contributed by atoms with Crippen molar-refractivity contribution < 1.29 is 9.53 Å². The van der Waals surface area contributed by atoms with E-state index in [2.05, 4.69) is 51.7 Å². The number of ether oxygens (including phenoxy) is 1. The zero-order chi connectivity index (χ0) is 20.5. The summed E-state index contributed by atoms with van der Waals surface area (Å²) >= 11 is 7.22. The number of benzene rings is 1. The van der Waals surface area contributed by atoms with E-state index in [9.17, 15) is 4.79 Å². The van der Waals surface area contributed by atoms with Crippen LogP contribution in [0.15, 0.2) is 30.3 Å². The van der Waals surface area contributed by atoms with Crippen LogP contribution in [0.4, 0.5) is 0 Å². The highest BCUT2D eigenvalue weighted by Gasteiger charge is 2.57. The van der Waals surface area contributed by atoms with Gasteiger partial charge in [0.05, 0.1) is 6.61 Å². The smallest absolute Gasteiger partial charge is 0.229 e. The second-order valence-electron chi connectivity index (χ2n) is 9.92. The van der Waals surface area contributed by atoms with Crippen molar-refractivity contribution in [1.29, 1.82) is 0 Å². The predicted octanol–water partition coefficient (Wildman–Crippen LogP) is 5.67. The number of hydrogen-bond donors (Lipinski definition) is 0. The van der Waals surface area contributed by atoms with Crippen LogP contribution in [0.25, 0.3) is 0 Å². The molecule has 2 fully saturated rings. The van der Waals surface area contributed by atoms with Crippen molar-refractivity contribution in [2.75, 3.05) is 6.61 Å². The summed E-state index contributed by atoms with van der Waals surface area (Å²) in [6, 6.07) is 10.6. The summed E-state index contributed by atoms with van der Waals surface area (Å²) in [5.74, 6) is 0.582. The van der Waals surface area contributed by atoms with Gasteiger partial charge in [0.2, 0.25) is 10.3 Å². The van der Waals surface area contributed by atoms with Gasteiger partial charge in [0.1, 0.15) is 0 Å². The fourth-order valence-corrected chi connectivity index (χ4v) is 6.38. The molecule has 1 amide bonds. The number of carbonyl (C=O) groups is 1. The van der Waals surface area contributed by atoms with E-state index in [0.717, 1.165) is 19.3 Å². The second-order valence-corrected chi connectivity index (χ2v) is 11.8. The fourth-order valence-electron chi connectivity index (χ4n) is 4.63. The van der Waals surface area contributed by atoms with Crippen LogP contribution in [0.2, 0.25) is 0 Å². The molecule has 3 nitrogen and oxygen atoms in total. The van der Waals surface area contributed by atoms with Gasteiger partial charge in [-0.3, -0.25) is 4.79 Å². The molecule has 1 heterocycles. The maximum absolute atomic E-state index is 13.3. The zero-order valence-corrected chi connectivity index (χ0v) is 19.4. The van der Waals surface area contributed by atoms with Crippen LogP contribution < -0.4 is 0 Å². The van der Waals surface area contributed by atoms with E-state index in [-0.39, 0.29) is 16.7 Å². The highest BCUT2D eigenvalue weighted by Crippen LogP contribution is 2.52. The van der Waals surface area contributed by atoms with Crippen molar-refractivity contribution in [3.63, 3.8) is 0 Å². The molecule has 0 N–H and O–H groups in total. The molecule has 1 aliphatic heterocycles. The van der Waals surface area contributed by atoms with Crippen LogP contribution in [-0.2, 0) is 16.1 Å². The monoisotopic (exact) mass is 419 g/mol. The molecular weight excluding hydrogens is 386 g/mol. The minimum Gasteiger partial charge on any atom is -0.478 e. The van der Waals surface area contributed by atoms with E-state index in [0.29, 0.717) is 34.7 Å². The van der Waals surface area contributed by atoms with E-state index < -0.39 is 0 Å². The standard InChI is InChI=1S/C23H33NO2S2/c1-22(2,3)15-26-21(27)28-18-13-9-12-17-19(18)23(4,5)20(25)24(17)14-16-10-7-6-8-11-16/h6-8,10-11,17-19H,9,12-15H2,1-5H3/t17-,18-,19-/m0/s1. The van der Waals surface area contributed by atoms with E-state index in [1.807, 2.05) is 18.2 Å². The van der Waals surface area contributed by atoms with Crippen molar-refractivity contribution in [2.45, 2.75) is 71.7 Å². The largest absolute Gasteiger partial charge is 0.478 e. The van der Waals surface area contributed by atoms with Crippen molar-refractivity contribution in [2.24, 2.45) is 16.7 Å². The van der Waals surface area contributed by atoms with Gasteiger partial charge in [0.25, 0.3) is 0 Å². The Balaban J connectivity index is 1.74. The molecule has 1 aromatic carbocycles. The Hall–Kier alpha value is -1.07. The molecule has 0 bridgehead atoms. The summed E-state index contributed by atoms with van der Waals surface area (Å²) in [7, 11) is 0. The molecule has 28 heavy (non-hydrogen) atoms. The van der Waals surface area contributed by atoms with Crippen LogP contribution in [0.1, 0.15) is 59.4 Å². The first-order valence-electron chi connectivity index (χ1n) is 10.3. The number of carbonyl (C=O) groups excluding carboxylic acids is 1. The van der Waals surface area contributed by atoms with Gasteiger partial charge in [-0.15, -0.1) is 0 Å². The van der Waals surface area contributed by atoms with E-state index in [4.69, 9.17) is 17.0 Å². The summed E-state index contributed by atoms with van der Waals surface area (Å²) in [4.78, 5) is 15.5. The SMILES string of the molecule is CC(C)(C)COC(=S)S[C@H]1CCC[C@H]2[C@@H]1C(C)(C)C(=O)N2Cc1ccccc1. The van der Waals surface area contributed by atoms with Crippen LogP contribution in [0, 0.1) is 16.7 Å². The van der Waals surface area contributed by atoms with Crippen molar-refractivity contribution >= 4 is 34.3 Å². The molecule has 5 heteroatoms. The Morgan fingerprint density at radius 3 is 2.57 bits per heavy atom. The van der Waals surface area contributed by atoms with Crippen molar-refractivity contribution in [3.8, 4) is 0 Å². The lowest BCUT2D eigenvalue weighted by molar-refractivity contribution is -0.136. The van der Waals surface area contributed by atoms with E-state index in [1.165, 1.54) is 5.56 Å². The number of hydrogen-bond acceptors (Lipinski definition) is 4. The van der Waals surface area contributed by atoms with Crippen LogP contribution in [-0.4, -0.2) is 33.1 Å². The minimum atomic E-state index is -0.364. The maximum atomic E-state index is 13.3. The second kappa shape index (κ2) is 8.35. The molecule has 2 aliphatic rings. The number of fused-ring (bicyclic) bond motifs is 1. The van der Waals surface area contributed by atoms with Gasteiger partial charge < -0.3 is 9.64 Å². The van der Waals surface area contributed by atoms with Gasteiger partial charge in [0, 0.05) is 29.2 Å².